The number of aliphatic carboxylic acids is 1. The third kappa shape index (κ3) is 9.95. The Bertz CT molecular complexity index is 1720. The average Bonchev–Trinajstić information content (AvgIpc) is 3.81. The molecule has 8 atom stereocenters. The number of esters is 1. The molecule has 15 nitrogen and oxygen atoms in total. The van der Waals surface area contributed by atoms with E-state index in [9.17, 15) is 29.1 Å². The number of hydrogen-bond donors (Lipinski definition) is 3. The Kier molecular flexibility index (Phi) is 14.0. The molecule has 55 heavy (non-hydrogen) atoms. The van der Waals surface area contributed by atoms with Crippen LogP contribution >= 0.6 is 23.4 Å². The molecule has 304 valence electrons. The van der Waals surface area contributed by atoms with Crippen LogP contribution in [0, 0.1) is 5.92 Å². The number of thioether (sulfide) groups is 1. The number of nitrogens with one attached hydrogen (secondary N) is 1. The van der Waals surface area contributed by atoms with Gasteiger partial charge in [-0.05, 0) is 51.8 Å². The van der Waals surface area contributed by atoms with Gasteiger partial charge >= 0.3 is 18.0 Å². The number of anilines is 1. The van der Waals surface area contributed by atoms with Crippen molar-refractivity contribution in [1.29, 1.82) is 0 Å². The second-order valence-electron chi connectivity index (χ2n) is 14.8. The summed E-state index contributed by atoms with van der Waals surface area (Å²) in [5.41, 5.74) is -2.45. The van der Waals surface area contributed by atoms with Gasteiger partial charge in [0, 0.05) is 45.7 Å². The molecule has 2 fully saturated rings. The monoisotopic (exact) mass is 809 g/mol. The first kappa shape index (κ1) is 43.9. The van der Waals surface area contributed by atoms with Gasteiger partial charge in [-0.25, -0.2) is 9.59 Å². The maximum atomic E-state index is 14.2. The minimum atomic E-state index is -1.89. The van der Waals surface area contributed by atoms with E-state index in [-0.39, 0.29) is 35.8 Å². The van der Waals surface area contributed by atoms with Gasteiger partial charge in [0.15, 0.2) is 5.72 Å². The van der Waals surface area contributed by atoms with Crippen LogP contribution < -0.4 is 15.0 Å². The van der Waals surface area contributed by atoms with E-state index in [4.69, 9.17) is 40.4 Å². The highest BCUT2D eigenvalue weighted by Crippen LogP contribution is 2.52. The van der Waals surface area contributed by atoms with Crippen molar-refractivity contribution in [2.24, 2.45) is 5.92 Å². The number of likely N-dealkylation sites (N-methyl/N-ethyl adjacent to an activating group) is 1. The minimum Gasteiger partial charge on any atom is -0.495 e. The SMILES string of the molecule is COc1cc2cc(c1Cl)N(C)C(=O)C[C@H](OC(=O)[C@H](C)N(C)C(=O)CCSCC(=O)O)[C@]1(C)O[C@H]1[C@H](C)[C@]1(C)C[C@@](O)(NC(=O)O1)[C@H](OC)/C=C/C=C(\C)C2. The summed E-state index contributed by atoms with van der Waals surface area (Å²) in [5, 5.41) is 23.5. The molecule has 0 saturated carbocycles. The molecule has 17 heteroatoms. The molecule has 3 aliphatic heterocycles. The van der Waals surface area contributed by atoms with Crippen LogP contribution in [0.25, 0.3) is 0 Å². The number of carbonyl (C=O) groups excluding carboxylic acids is 4. The smallest absolute Gasteiger partial charge is 0.410 e. The number of nitrogens with zero attached hydrogens (tertiary/aromatic N) is 2. The highest BCUT2D eigenvalue weighted by atomic mass is 35.5. The van der Waals surface area contributed by atoms with E-state index in [1.807, 2.05) is 13.0 Å². The summed E-state index contributed by atoms with van der Waals surface area (Å²) in [5.74, 6) is -2.86. The zero-order chi connectivity index (χ0) is 41.0. The first-order valence-electron chi connectivity index (χ1n) is 17.9. The first-order chi connectivity index (χ1) is 25.7. The fourth-order valence-corrected chi connectivity index (χ4v) is 7.99. The number of fused-ring (bicyclic) bond motifs is 5. The third-order valence-corrected chi connectivity index (χ3v) is 12.1. The number of rotatable bonds is 10. The number of halogens is 1. The molecule has 0 aromatic heterocycles. The zero-order valence-electron chi connectivity index (χ0n) is 32.7. The predicted octanol–water partition coefficient (Wildman–Crippen LogP) is 4.11. The quantitative estimate of drug-likeness (QED) is 0.174. The second kappa shape index (κ2) is 17.5. The topological polar surface area (TPSA) is 194 Å². The number of carbonyl (C=O) groups is 5. The van der Waals surface area contributed by atoms with Crippen LogP contribution in [0.5, 0.6) is 5.75 Å². The maximum Gasteiger partial charge on any atom is 0.410 e. The summed E-state index contributed by atoms with van der Waals surface area (Å²) < 4.78 is 29.4. The first-order valence-corrected chi connectivity index (χ1v) is 19.4. The number of methoxy groups -OCH3 is 2. The van der Waals surface area contributed by atoms with E-state index in [1.165, 1.54) is 38.0 Å². The molecule has 3 N–H and O–H groups in total. The number of epoxide rings is 1. The van der Waals surface area contributed by atoms with E-state index < -0.39 is 77.0 Å². The lowest BCUT2D eigenvalue weighted by molar-refractivity contribution is -0.173. The van der Waals surface area contributed by atoms with Crippen molar-refractivity contribution in [3.8, 4) is 5.75 Å². The summed E-state index contributed by atoms with van der Waals surface area (Å²) in [6, 6.07) is 2.46. The lowest BCUT2D eigenvalue weighted by Crippen LogP contribution is -2.67. The Morgan fingerprint density at radius 1 is 1.22 bits per heavy atom. The summed E-state index contributed by atoms with van der Waals surface area (Å²) in [6.07, 6.45) is 1.37. The van der Waals surface area contributed by atoms with Gasteiger partial charge in [-0.1, -0.05) is 42.3 Å². The molecule has 1 aromatic rings. The Labute approximate surface area is 330 Å². The number of hydrogen-bond acceptors (Lipinski definition) is 12. The van der Waals surface area contributed by atoms with Crippen LogP contribution in [-0.4, -0.2) is 126 Å². The van der Waals surface area contributed by atoms with Gasteiger partial charge in [-0.2, -0.15) is 0 Å². The fourth-order valence-electron chi connectivity index (χ4n) is 7.04. The number of amides is 3. The molecule has 2 saturated heterocycles. The molecule has 3 aliphatic rings. The van der Waals surface area contributed by atoms with Crippen molar-refractivity contribution in [2.45, 2.75) is 102 Å². The van der Waals surface area contributed by atoms with Crippen LogP contribution in [0.1, 0.15) is 59.4 Å². The van der Waals surface area contributed by atoms with Gasteiger partial charge in [0.1, 0.15) is 40.2 Å². The lowest BCUT2D eigenvalue weighted by atomic mass is 9.75. The van der Waals surface area contributed by atoms with Gasteiger partial charge in [-0.3, -0.25) is 19.7 Å². The molecule has 0 unspecified atom stereocenters. The molecule has 0 radical (unpaired) electrons. The number of carboxylic acid groups (broad SMARTS) is 1. The number of carboxylic acids is 1. The van der Waals surface area contributed by atoms with E-state index in [1.54, 1.807) is 52.1 Å². The van der Waals surface area contributed by atoms with Crippen LogP contribution in [0.3, 0.4) is 0 Å². The molecule has 3 amide bonds. The Morgan fingerprint density at radius 2 is 1.91 bits per heavy atom. The molecule has 0 spiro atoms. The maximum absolute atomic E-state index is 14.2. The highest BCUT2D eigenvalue weighted by molar-refractivity contribution is 7.99. The van der Waals surface area contributed by atoms with Crippen molar-refractivity contribution >= 4 is 58.9 Å². The van der Waals surface area contributed by atoms with Gasteiger partial charge < -0.3 is 43.7 Å². The number of ether oxygens (including phenoxy) is 5. The number of benzene rings is 1. The Hall–Kier alpha value is -3.83. The standard InChI is InChI=1S/C38H52ClN3O12S/c1-21-11-10-12-27(51-9)38(49)20-36(4,54-35(48)40-38)22(2)33-37(5,53-33)28(52-34(47)23(3)41(6)29(43)13-14-55-19-31(45)46)18-30(44)42(7)25-16-24(15-21)17-26(50-8)32(25)39/h10-12,16-17,22-23,27-28,33,49H,13-15,18-20H2,1-9H3,(H,40,48)(H,45,46)/b12-10+,21-11+/t22-,23-,27+,28-,33-,36-,37-,38-/m0/s1. The van der Waals surface area contributed by atoms with Crippen molar-refractivity contribution in [3.05, 3.63) is 46.5 Å². The van der Waals surface area contributed by atoms with E-state index in [2.05, 4.69) is 5.32 Å². The highest BCUT2D eigenvalue weighted by Gasteiger charge is 2.67. The average molecular weight is 810 g/mol. The van der Waals surface area contributed by atoms with Gasteiger partial charge in [0.25, 0.3) is 0 Å². The summed E-state index contributed by atoms with van der Waals surface area (Å²) in [7, 11) is 5.88. The number of alkyl carbamates (subject to hydrolysis) is 1. The van der Waals surface area contributed by atoms with Crippen molar-refractivity contribution in [1.82, 2.24) is 10.2 Å². The molecule has 4 rings (SSSR count). The molecular formula is C38H52ClN3O12S. The van der Waals surface area contributed by atoms with E-state index in [0.717, 1.165) is 22.9 Å². The Balaban J connectivity index is 1.74. The molecule has 1 aromatic carbocycles. The Morgan fingerprint density at radius 3 is 2.55 bits per heavy atom. The summed E-state index contributed by atoms with van der Waals surface area (Å²) in [6.45, 7) is 8.54. The lowest BCUT2D eigenvalue weighted by Gasteiger charge is -2.47. The normalized spacial score (nSPS) is 31.8. The second-order valence-corrected chi connectivity index (χ2v) is 16.2. The fraction of sp³-hybridized carbons (Fsp3) is 0.605. The van der Waals surface area contributed by atoms with Gasteiger partial charge in [0.2, 0.25) is 11.8 Å². The van der Waals surface area contributed by atoms with Gasteiger partial charge in [-0.15, -0.1) is 11.8 Å². The largest absolute Gasteiger partial charge is 0.495 e. The molecule has 3 heterocycles. The number of allylic oxidation sites excluding steroid dienone is 3. The molecular weight excluding hydrogens is 758 g/mol. The van der Waals surface area contributed by atoms with Crippen molar-refractivity contribution in [2.75, 3.05) is 44.7 Å². The van der Waals surface area contributed by atoms with Gasteiger partial charge in [0.05, 0.1) is 31.1 Å². The van der Waals surface area contributed by atoms with E-state index >= 15 is 0 Å². The third-order valence-electron chi connectivity index (χ3n) is 10.7. The van der Waals surface area contributed by atoms with Crippen LogP contribution in [0.2, 0.25) is 5.02 Å². The van der Waals surface area contributed by atoms with E-state index in [0.29, 0.717) is 17.9 Å². The van der Waals surface area contributed by atoms with Crippen LogP contribution in [-0.2, 0) is 44.5 Å². The summed E-state index contributed by atoms with van der Waals surface area (Å²) in [4.78, 5) is 67.3. The van der Waals surface area contributed by atoms with Crippen LogP contribution in [0.4, 0.5) is 10.5 Å². The molecule has 0 aliphatic carbocycles. The number of aliphatic hydroxyl groups is 1. The predicted molar refractivity (Wildman–Crippen MR) is 205 cm³/mol. The summed E-state index contributed by atoms with van der Waals surface area (Å²) >= 11 is 7.84. The van der Waals surface area contributed by atoms with Crippen LogP contribution in [0.15, 0.2) is 35.9 Å². The molecule has 4 bridgehead atoms. The zero-order valence-corrected chi connectivity index (χ0v) is 34.2. The minimum absolute atomic E-state index is 0.00395. The van der Waals surface area contributed by atoms with Crippen molar-refractivity contribution in [3.63, 3.8) is 0 Å². The van der Waals surface area contributed by atoms with Crippen molar-refractivity contribution < 1.29 is 57.9 Å².